The Hall–Kier alpha value is -0.870. The van der Waals surface area contributed by atoms with E-state index in [1.807, 2.05) is 6.92 Å². The fraction of sp³-hybridized carbons (Fsp3) is 0.600. The number of amides is 1. The van der Waals surface area contributed by atoms with Gasteiger partial charge < -0.3 is 5.32 Å². The lowest BCUT2D eigenvalue weighted by atomic mass is 10.1. The summed E-state index contributed by atoms with van der Waals surface area (Å²) in [7, 11) is 0. The number of rotatable bonds is 9. The first kappa shape index (κ1) is 17.2. The van der Waals surface area contributed by atoms with Gasteiger partial charge in [-0.3, -0.25) is 9.59 Å². The van der Waals surface area contributed by atoms with E-state index < -0.39 is 0 Å². The van der Waals surface area contributed by atoms with Crippen LogP contribution in [0.2, 0.25) is 4.34 Å². The van der Waals surface area contributed by atoms with Crippen molar-refractivity contribution in [2.75, 3.05) is 0 Å². The van der Waals surface area contributed by atoms with Crippen molar-refractivity contribution in [3.05, 3.63) is 21.3 Å². The van der Waals surface area contributed by atoms with Gasteiger partial charge in [0.15, 0.2) is 5.78 Å². The number of hydrogen-bond donors (Lipinski definition) is 1. The highest BCUT2D eigenvalue weighted by molar-refractivity contribution is 7.18. The molecule has 3 nitrogen and oxygen atoms in total. The van der Waals surface area contributed by atoms with Crippen molar-refractivity contribution < 1.29 is 9.59 Å². The van der Waals surface area contributed by atoms with E-state index in [4.69, 9.17) is 11.6 Å². The molecular formula is C15H22ClNO2S. The Kier molecular flexibility index (Phi) is 7.85. The summed E-state index contributed by atoms with van der Waals surface area (Å²) < 4.78 is 0.599. The molecule has 1 atom stereocenters. The average molecular weight is 316 g/mol. The Morgan fingerprint density at radius 1 is 1.30 bits per heavy atom. The number of hydrogen-bond acceptors (Lipinski definition) is 3. The fourth-order valence-electron chi connectivity index (χ4n) is 1.93. The van der Waals surface area contributed by atoms with Crippen molar-refractivity contribution in [2.24, 2.45) is 0 Å². The second-order valence-corrected chi connectivity index (χ2v) is 6.71. The molecule has 0 spiro atoms. The molecule has 112 valence electrons. The summed E-state index contributed by atoms with van der Waals surface area (Å²) in [6.45, 7) is 4.17. The van der Waals surface area contributed by atoms with Crippen LogP contribution < -0.4 is 5.32 Å². The Balaban J connectivity index is 2.24. The SMILES string of the molecule is CCCCCC(C)NC(=O)CCC(=O)c1ccc(Cl)s1. The monoisotopic (exact) mass is 315 g/mol. The minimum absolute atomic E-state index is 0.0179. The maximum atomic E-state index is 11.8. The molecule has 1 unspecified atom stereocenters. The number of carbonyl (C=O) groups excluding carboxylic acids is 2. The Morgan fingerprint density at radius 2 is 2.05 bits per heavy atom. The van der Waals surface area contributed by atoms with Crippen LogP contribution in [0.5, 0.6) is 0 Å². The highest BCUT2D eigenvalue weighted by atomic mass is 35.5. The van der Waals surface area contributed by atoms with Crippen molar-refractivity contribution in [2.45, 2.75) is 58.4 Å². The van der Waals surface area contributed by atoms with Gasteiger partial charge in [0.05, 0.1) is 9.21 Å². The number of halogens is 1. The maximum Gasteiger partial charge on any atom is 0.220 e. The molecule has 0 bridgehead atoms. The fourth-order valence-corrected chi connectivity index (χ4v) is 2.94. The Bertz CT molecular complexity index is 445. The third-order valence-electron chi connectivity index (χ3n) is 3.08. The highest BCUT2D eigenvalue weighted by Crippen LogP contribution is 2.22. The van der Waals surface area contributed by atoms with E-state index in [0.717, 1.165) is 12.8 Å². The number of nitrogens with one attached hydrogen (secondary N) is 1. The average Bonchev–Trinajstić information content (AvgIpc) is 2.83. The summed E-state index contributed by atoms with van der Waals surface area (Å²) >= 11 is 7.04. The standard InChI is InChI=1S/C15H22ClNO2S/c1-3-4-5-6-11(2)17-15(19)10-7-12(18)13-8-9-14(16)20-13/h8-9,11H,3-7,10H2,1-2H3,(H,17,19). The van der Waals surface area contributed by atoms with Crippen LogP contribution >= 0.6 is 22.9 Å². The molecule has 20 heavy (non-hydrogen) atoms. The van der Waals surface area contributed by atoms with Crippen LogP contribution in [0.4, 0.5) is 0 Å². The van der Waals surface area contributed by atoms with Crippen LogP contribution in [0.1, 0.15) is 62.0 Å². The molecule has 0 aliphatic heterocycles. The zero-order valence-corrected chi connectivity index (χ0v) is 13.6. The lowest BCUT2D eigenvalue weighted by Crippen LogP contribution is -2.32. The molecule has 1 N–H and O–H groups in total. The smallest absolute Gasteiger partial charge is 0.220 e. The molecule has 5 heteroatoms. The lowest BCUT2D eigenvalue weighted by Gasteiger charge is -2.13. The second-order valence-electron chi connectivity index (χ2n) is 4.99. The quantitative estimate of drug-likeness (QED) is 0.540. The molecule has 0 saturated heterocycles. The summed E-state index contributed by atoms with van der Waals surface area (Å²) in [5, 5.41) is 2.94. The van der Waals surface area contributed by atoms with Crippen LogP contribution in [0.25, 0.3) is 0 Å². The molecule has 0 radical (unpaired) electrons. The van der Waals surface area contributed by atoms with Gasteiger partial charge >= 0.3 is 0 Å². The number of Topliss-reactive ketones (excluding diaryl/α,β-unsaturated/α-hetero) is 1. The maximum absolute atomic E-state index is 11.8. The normalized spacial score (nSPS) is 12.2. The van der Waals surface area contributed by atoms with Crippen LogP contribution in [-0.2, 0) is 4.79 Å². The van der Waals surface area contributed by atoms with Crippen LogP contribution in [0.15, 0.2) is 12.1 Å². The van der Waals surface area contributed by atoms with Gasteiger partial charge in [0.25, 0.3) is 0 Å². The summed E-state index contributed by atoms with van der Waals surface area (Å²) in [6, 6.07) is 3.59. The predicted octanol–water partition coefficient (Wildman–Crippen LogP) is 4.45. The highest BCUT2D eigenvalue weighted by Gasteiger charge is 2.12. The second kappa shape index (κ2) is 9.14. The molecule has 0 aliphatic rings. The molecule has 0 saturated carbocycles. The van der Waals surface area contributed by atoms with Crippen LogP contribution in [0.3, 0.4) is 0 Å². The topological polar surface area (TPSA) is 46.2 Å². The largest absolute Gasteiger partial charge is 0.354 e. The molecule has 1 aromatic heterocycles. The van der Waals surface area contributed by atoms with Crippen LogP contribution in [0, 0.1) is 0 Å². The van der Waals surface area contributed by atoms with E-state index in [1.54, 1.807) is 12.1 Å². The summed E-state index contributed by atoms with van der Waals surface area (Å²) in [5.41, 5.74) is 0. The number of thiophene rings is 1. The van der Waals surface area contributed by atoms with Crippen molar-refractivity contribution >= 4 is 34.6 Å². The van der Waals surface area contributed by atoms with Gasteiger partial charge in [0, 0.05) is 18.9 Å². The molecule has 1 heterocycles. The summed E-state index contributed by atoms with van der Waals surface area (Å²) in [4.78, 5) is 24.2. The molecule has 0 fully saturated rings. The molecule has 0 aromatic carbocycles. The van der Waals surface area contributed by atoms with E-state index >= 15 is 0 Å². The Labute approximate surface area is 129 Å². The van der Waals surface area contributed by atoms with Gasteiger partial charge in [0.1, 0.15) is 0 Å². The lowest BCUT2D eigenvalue weighted by molar-refractivity contribution is -0.121. The van der Waals surface area contributed by atoms with Crippen molar-refractivity contribution in [1.29, 1.82) is 0 Å². The minimum Gasteiger partial charge on any atom is -0.354 e. The third kappa shape index (κ3) is 6.53. The Morgan fingerprint density at radius 3 is 2.65 bits per heavy atom. The minimum atomic E-state index is -0.0509. The summed E-state index contributed by atoms with van der Waals surface area (Å²) in [6.07, 6.45) is 4.98. The van der Waals surface area contributed by atoms with Gasteiger partial charge in [-0.2, -0.15) is 0 Å². The third-order valence-corrected chi connectivity index (χ3v) is 4.35. The first-order valence-corrected chi connectivity index (χ1v) is 8.30. The van der Waals surface area contributed by atoms with Gasteiger partial charge in [-0.1, -0.05) is 37.8 Å². The molecular weight excluding hydrogens is 294 g/mol. The predicted molar refractivity (Wildman–Crippen MR) is 84.6 cm³/mol. The van der Waals surface area contributed by atoms with E-state index in [0.29, 0.717) is 9.21 Å². The molecule has 1 aromatic rings. The molecule has 1 rings (SSSR count). The zero-order chi connectivity index (χ0) is 15.0. The van der Waals surface area contributed by atoms with Gasteiger partial charge in [-0.25, -0.2) is 0 Å². The van der Waals surface area contributed by atoms with Crippen molar-refractivity contribution in [3.8, 4) is 0 Å². The van der Waals surface area contributed by atoms with Gasteiger partial charge in [0.2, 0.25) is 5.91 Å². The molecule has 1 amide bonds. The van der Waals surface area contributed by atoms with Crippen molar-refractivity contribution in [1.82, 2.24) is 5.32 Å². The first-order valence-electron chi connectivity index (χ1n) is 7.10. The van der Waals surface area contributed by atoms with E-state index in [-0.39, 0.29) is 30.6 Å². The summed E-state index contributed by atoms with van der Waals surface area (Å²) in [5.74, 6) is -0.0688. The number of ketones is 1. The van der Waals surface area contributed by atoms with Gasteiger partial charge in [-0.15, -0.1) is 11.3 Å². The van der Waals surface area contributed by atoms with Gasteiger partial charge in [-0.05, 0) is 25.5 Å². The zero-order valence-electron chi connectivity index (χ0n) is 12.1. The molecule has 0 aliphatic carbocycles. The number of carbonyl (C=O) groups is 2. The van der Waals surface area contributed by atoms with Crippen LogP contribution in [-0.4, -0.2) is 17.7 Å². The first-order chi connectivity index (χ1) is 9.52. The van der Waals surface area contributed by atoms with E-state index in [2.05, 4.69) is 12.2 Å². The van der Waals surface area contributed by atoms with E-state index in [9.17, 15) is 9.59 Å². The van der Waals surface area contributed by atoms with E-state index in [1.165, 1.54) is 24.2 Å². The van der Waals surface area contributed by atoms with Crippen molar-refractivity contribution in [3.63, 3.8) is 0 Å². The number of unbranched alkanes of at least 4 members (excludes halogenated alkanes) is 2.